The second-order valence-electron chi connectivity index (χ2n) is 8.30. The minimum atomic E-state index is 0.0952. The van der Waals surface area contributed by atoms with E-state index in [4.69, 9.17) is 18.9 Å². The fraction of sp³-hybridized carbons (Fsp3) is 0.500. The molecule has 0 amide bonds. The fourth-order valence-corrected chi connectivity index (χ4v) is 3.94. The molecule has 0 fully saturated rings. The van der Waals surface area contributed by atoms with E-state index < -0.39 is 0 Å². The van der Waals surface area contributed by atoms with E-state index in [1.807, 2.05) is 48.5 Å². The van der Waals surface area contributed by atoms with Crippen LogP contribution in [0.1, 0.15) is 26.7 Å². The number of quaternary nitrogens is 2. The standard InChI is InChI=1S/C24H32N2O4/c1-17(23-15-27-19-9-3-5-11-21(19)29-23)25-13-7-8-14-26-18(2)24-16-28-20-10-4-6-12-22(20)30-24/h3-6,9-12,17-18,23-26H,7-8,13-16H2,1-2H3/p+2/t17-,18+,23-,24+. The van der Waals surface area contributed by atoms with Gasteiger partial charge in [0.2, 0.25) is 0 Å². The quantitative estimate of drug-likeness (QED) is 0.608. The first-order valence-electron chi connectivity index (χ1n) is 11.1. The van der Waals surface area contributed by atoms with Gasteiger partial charge in [-0.05, 0) is 38.1 Å². The first-order valence-corrected chi connectivity index (χ1v) is 11.1. The Hall–Kier alpha value is -2.44. The minimum absolute atomic E-state index is 0.0952. The summed E-state index contributed by atoms with van der Waals surface area (Å²) in [4.78, 5) is 0. The number of benzene rings is 2. The number of unbranched alkanes of at least 4 members (excludes halogenated alkanes) is 1. The highest BCUT2D eigenvalue weighted by atomic mass is 16.6. The summed E-state index contributed by atoms with van der Waals surface area (Å²) in [6, 6.07) is 16.5. The number of para-hydroxylation sites is 4. The van der Waals surface area contributed by atoms with Crippen molar-refractivity contribution in [2.45, 2.75) is 51.0 Å². The molecule has 30 heavy (non-hydrogen) atoms. The molecule has 2 aliphatic heterocycles. The molecule has 162 valence electrons. The van der Waals surface area contributed by atoms with Gasteiger partial charge in [-0.1, -0.05) is 24.3 Å². The van der Waals surface area contributed by atoms with Crippen LogP contribution >= 0.6 is 0 Å². The van der Waals surface area contributed by atoms with Crippen molar-refractivity contribution < 1.29 is 29.6 Å². The van der Waals surface area contributed by atoms with Crippen LogP contribution in [0.4, 0.5) is 0 Å². The van der Waals surface area contributed by atoms with Crippen LogP contribution in [0.25, 0.3) is 0 Å². The molecule has 4 atom stereocenters. The Bertz CT molecular complexity index is 748. The summed E-state index contributed by atoms with van der Waals surface area (Å²) < 4.78 is 23.9. The first kappa shape index (κ1) is 20.8. The maximum Gasteiger partial charge on any atom is 0.184 e. The van der Waals surface area contributed by atoms with Crippen LogP contribution in [-0.4, -0.2) is 50.6 Å². The lowest BCUT2D eigenvalue weighted by Crippen LogP contribution is -2.93. The van der Waals surface area contributed by atoms with E-state index in [1.165, 1.54) is 12.8 Å². The van der Waals surface area contributed by atoms with Crippen LogP contribution < -0.4 is 29.6 Å². The van der Waals surface area contributed by atoms with Crippen molar-refractivity contribution in [1.29, 1.82) is 0 Å². The molecule has 0 aliphatic carbocycles. The number of fused-ring (bicyclic) bond motifs is 2. The lowest BCUT2D eigenvalue weighted by molar-refractivity contribution is -0.701. The molecule has 2 heterocycles. The summed E-state index contributed by atoms with van der Waals surface area (Å²) in [7, 11) is 0. The summed E-state index contributed by atoms with van der Waals surface area (Å²) in [6.45, 7) is 7.87. The molecule has 6 heteroatoms. The van der Waals surface area contributed by atoms with E-state index in [9.17, 15) is 0 Å². The first-order chi connectivity index (χ1) is 14.7. The van der Waals surface area contributed by atoms with Gasteiger partial charge in [-0.25, -0.2) is 0 Å². The topological polar surface area (TPSA) is 70.1 Å². The molecule has 2 aliphatic rings. The summed E-state index contributed by atoms with van der Waals surface area (Å²) in [6.07, 6.45) is 2.56. The third kappa shape index (κ3) is 5.18. The molecule has 0 saturated carbocycles. The Labute approximate surface area is 178 Å². The Morgan fingerprint density at radius 3 is 1.53 bits per heavy atom. The van der Waals surface area contributed by atoms with E-state index in [-0.39, 0.29) is 12.2 Å². The van der Waals surface area contributed by atoms with E-state index in [0.29, 0.717) is 25.3 Å². The number of nitrogens with two attached hydrogens (primary N) is 2. The molecule has 0 bridgehead atoms. The molecule has 0 saturated heterocycles. The van der Waals surface area contributed by atoms with Crippen LogP contribution in [0, 0.1) is 0 Å². The molecule has 0 spiro atoms. The molecule has 2 aromatic carbocycles. The molecule has 0 aromatic heterocycles. The van der Waals surface area contributed by atoms with Gasteiger partial charge in [-0.15, -0.1) is 0 Å². The smallest absolute Gasteiger partial charge is 0.184 e. The highest BCUT2D eigenvalue weighted by Gasteiger charge is 2.29. The highest BCUT2D eigenvalue weighted by Crippen LogP contribution is 2.32. The molecule has 2 aromatic rings. The normalized spacial score (nSPS) is 21.7. The van der Waals surface area contributed by atoms with Gasteiger partial charge in [0.1, 0.15) is 25.3 Å². The number of ether oxygens (including phenoxy) is 4. The summed E-state index contributed by atoms with van der Waals surface area (Å²) >= 11 is 0. The second kappa shape index (κ2) is 10.0. The van der Waals surface area contributed by atoms with Gasteiger partial charge < -0.3 is 29.6 Å². The Balaban J connectivity index is 1.10. The third-order valence-corrected chi connectivity index (χ3v) is 5.97. The third-order valence-electron chi connectivity index (χ3n) is 5.97. The molecule has 0 radical (unpaired) electrons. The van der Waals surface area contributed by atoms with Crippen molar-refractivity contribution in [2.24, 2.45) is 0 Å². The van der Waals surface area contributed by atoms with Gasteiger partial charge in [0.15, 0.2) is 35.2 Å². The average Bonchev–Trinajstić information content (AvgIpc) is 2.80. The average molecular weight is 415 g/mol. The van der Waals surface area contributed by atoms with Crippen LogP contribution in [0.2, 0.25) is 0 Å². The highest BCUT2D eigenvalue weighted by molar-refractivity contribution is 5.41. The molecular weight excluding hydrogens is 380 g/mol. The van der Waals surface area contributed by atoms with Crippen LogP contribution in [0.3, 0.4) is 0 Å². The van der Waals surface area contributed by atoms with Gasteiger partial charge >= 0.3 is 0 Å². The van der Waals surface area contributed by atoms with Gasteiger partial charge in [0, 0.05) is 12.8 Å². The predicted octanol–water partition coefficient (Wildman–Crippen LogP) is 1.35. The van der Waals surface area contributed by atoms with Crippen molar-refractivity contribution in [3.63, 3.8) is 0 Å². The molecule has 4 N–H and O–H groups in total. The van der Waals surface area contributed by atoms with Crippen LogP contribution in [0.15, 0.2) is 48.5 Å². The van der Waals surface area contributed by atoms with Gasteiger partial charge in [-0.3, -0.25) is 0 Å². The lowest BCUT2D eigenvalue weighted by atomic mass is 10.1. The Kier molecular flexibility index (Phi) is 6.97. The van der Waals surface area contributed by atoms with E-state index in [0.717, 1.165) is 36.1 Å². The van der Waals surface area contributed by atoms with E-state index in [1.54, 1.807) is 0 Å². The minimum Gasteiger partial charge on any atom is -0.486 e. The van der Waals surface area contributed by atoms with E-state index in [2.05, 4.69) is 24.5 Å². The fourth-order valence-electron chi connectivity index (χ4n) is 3.94. The zero-order valence-electron chi connectivity index (χ0n) is 18.0. The maximum absolute atomic E-state index is 6.11. The second-order valence-corrected chi connectivity index (χ2v) is 8.30. The number of rotatable bonds is 9. The largest absolute Gasteiger partial charge is 0.486 e. The van der Waals surface area contributed by atoms with Crippen molar-refractivity contribution in [2.75, 3.05) is 26.3 Å². The van der Waals surface area contributed by atoms with Crippen molar-refractivity contribution in [3.05, 3.63) is 48.5 Å². The van der Waals surface area contributed by atoms with Crippen molar-refractivity contribution >= 4 is 0 Å². The van der Waals surface area contributed by atoms with E-state index >= 15 is 0 Å². The van der Waals surface area contributed by atoms with Crippen molar-refractivity contribution in [3.8, 4) is 23.0 Å². The monoisotopic (exact) mass is 414 g/mol. The zero-order valence-corrected chi connectivity index (χ0v) is 18.0. The van der Waals surface area contributed by atoms with Crippen molar-refractivity contribution in [1.82, 2.24) is 0 Å². The van der Waals surface area contributed by atoms with Crippen LogP contribution in [-0.2, 0) is 0 Å². The summed E-state index contributed by atoms with van der Waals surface area (Å²) in [5.74, 6) is 3.41. The summed E-state index contributed by atoms with van der Waals surface area (Å²) in [5.41, 5.74) is 0. The SMILES string of the molecule is C[C@H]([NH2+]CCCC[NH2+][C@H](C)[C@H]1COc2ccccc2O1)[C@@H]1COc2ccccc2O1. The summed E-state index contributed by atoms with van der Waals surface area (Å²) in [5, 5.41) is 4.75. The lowest BCUT2D eigenvalue weighted by Gasteiger charge is -2.29. The molecular formula is C24H34N2O4+2. The zero-order chi connectivity index (χ0) is 20.8. The molecule has 6 nitrogen and oxygen atoms in total. The van der Waals surface area contributed by atoms with Gasteiger partial charge in [0.25, 0.3) is 0 Å². The number of hydrogen-bond donors (Lipinski definition) is 2. The molecule has 0 unspecified atom stereocenters. The van der Waals surface area contributed by atoms with Crippen LogP contribution in [0.5, 0.6) is 23.0 Å². The number of hydrogen-bond acceptors (Lipinski definition) is 4. The Morgan fingerprint density at radius 2 is 1.10 bits per heavy atom. The Morgan fingerprint density at radius 1 is 0.700 bits per heavy atom. The predicted molar refractivity (Wildman–Crippen MR) is 114 cm³/mol. The molecule has 4 rings (SSSR count). The van der Waals surface area contributed by atoms with Gasteiger partial charge in [-0.2, -0.15) is 0 Å². The van der Waals surface area contributed by atoms with Gasteiger partial charge in [0.05, 0.1) is 13.1 Å². The maximum atomic E-state index is 6.11.